The molecule has 40 heavy (non-hydrogen) atoms. The number of amides is 1. The Hall–Kier alpha value is -3.69. The molecule has 1 amide bonds. The van der Waals surface area contributed by atoms with Gasteiger partial charge in [-0.2, -0.15) is 13.2 Å². The third-order valence-electron chi connectivity index (χ3n) is 7.68. The molecule has 0 saturated heterocycles. The van der Waals surface area contributed by atoms with Crippen LogP contribution in [-0.4, -0.2) is 52.0 Å². The topological polar surface area (TPSA) is 96.3 Å². The summed E-state index contributed by atoms with van der Waals surface area (Å²) in [5.41, 5.74) is 0.238. The van der Waals surface area contributed by atoms with Crippen molar-refractivity contribution in [3.05, 3.63) is 59.7 Å². The number of hydrogen-bond donors (Lipinski definition) is 1. The molecular weight excluding hydrogens is 525 g/mol. The summed E-state index contributed by atoms with van der Waals surface area (Å²) in [5.74, 6) is -3.92. The van der Waals surface area contributed by atoms with Gasteiger partial charge in [-0.3, -0.25) is 14.7 Å². The average Bonchev–Trinajstić information content (AvgIpc) is 3.21. The fourth-order valence-electron chi connectivity index (χ4n) is 5.61. The van der Waals surface area contributed by atoms with Gasteiger partial charge in [0.1, 0.15) is 12.4 Å². The average molecular weight is 559 g/mol. The van der Waals surface area contributed by atoms with Crippen molar-refractivity contribution in [2.75, 3.05) is 6.61 Å². The zero-order valence-electron chi connectivity index (χ0n) is 22.4. The second-order valence-electron chi connectivity index (χ2n) is 10.4. The van der Waals surface area contributed by atoms with Crippen molar-refractivity contribution in [3.63, 3.8) is 0 Å². The van der Waals surface area contributed by atoms with Gasteiger partial charge in [0.05, 0.1) is 12.1 Å². The second-order valence-corrected chi connectivity index (χ2v) is 10.4. The predicted octanol–water partition coefficient (Wildman–Crippen LogP) is 6.41. The van der Waals surface area contributed by atoms with E-state index in [0.717, 1.165) is 31.2 Å². The molecule has 1 heterocycles. The molecule has 1 atom stereocenters. The van der Waals surface area contributed by atoms with Crippen LogP contribution in [0, 0.1) is 5.92 Å². The number of unbranched alkanes of at least 4 members (excludes halogenated alkanes) is 1. The van der Waals surface area contributed by atoms with Crippen LogP contribution in [0.5, 0.6) is 0 Å². The van der Waals surface area contributed by atoms with Crippen LogP contribution in [0.15, 0.2) is 53.5 Å². The van der Waals surface area contributed by atoms with E-state index in [9.17, 15) is 32.7 Å². The Morgan fingerprint density at radius 3 is 2.42 bits per heavy atom. The lowest BCUT2D eigenvalue weighted by molar-refractivity contribution is -0.202. The van der Waals surface area contributed by atoms with Gasteiger partial charge in [0.25, 0.3) is 5.91 Å². The highest BCUT2D eigenvalue weighted by atomic mass is 19.4. The fraction of sp³-hybridized carbons (Fsp3) is 0.467. The number of carboxylic acid groups (broad SMARTS) is 1. The molecule has 1 N–H and O–H groups in total. The van der Waals surface area contributed by atoms with Crippen molar-refractivity contribution >= 4 is 23.7 Å². The fourth-order valence-corrected chi connectivity index (χ4v) is 5.61. The van der Waals surface area contributed by atoms with Gasteiger partial charge in [0.2, 0.25) is 0 Å². The molecule has 1 unspecified atom stereocenters. The maximum absolute atomic E-state index is 14.1. The molecule has 2 aliphatic rings. The molecule has 1 saturated carbocycles. The van der Waals surface area contributed by atoms with Crippen LogP contribution in [0.3, 0.4) is 0 Å². The number of benzene rings is 2. The van der Waals surface area contributed by atoms with Gasteiger partial charge in [-0.25, -0.2) is 9.59 Å². The van der Waals surface area contributed by atoms with Gasteiger partial charge in [-0.15, -0.1) is 0 Å². The molecular formula is C30H33F3N2O5. The molecule has 0 spiro atoms. The van der Waals surface area contributed by atoms with E-state index in [0.29, 0.717) is 42.6 Å². The first-order valence-electron chi connectivity index (χ1n) is 13.6. The van der Waals surface area contributed by atoms with Crippen molar-refractivity contribution in [2.24, 2.45) is 10.9 Å². The number of amidine groups is 1. The van der Waals surface area contributed by atoms with Crippen LogP contribution in [-0.2, 0) is 20.9 Å². The van der Waals surface area contributed by atoms with Crippen molar-refractivity contribution in [1.82, 2.24) is 4.90 Å². The maximum atomic E-state index is 14.1. The van der Waals surface area contributed by atoms with Gasteiger partial charge >= 0.3 is 18.1 Å². The highest BCUT2D eigenvalue weighted by Crippen LogP contribution is 2.41. The van der Waals surface area contributed by atoms with E-state index < -0.39 is 36.2 Å². The largest absolute Gasteiger partial charge is 0.490 e. The number of aromatic carboxylic acids is 1. The summed E-state index contributed by atoms with van der Waals surface area (Å²) >= 11 is 0. The lowest BCUT2D eigenvalue weighted by atomic mass is 9.75. The summed E-state index contributed by atoms with van der Waals surface area (Å²) < 4.78 is 43.7. The smallest absolute Gasteiger partial charge is 0.478 e. The highest BCUT2D eigenvalue weighted by molar-refractivity contribution is 6.08. The first-order chi connectivity index (χ1) is 19.1. The molecule has 2 aromatic rings. The van der Waals surface area contributed by atoms with Crippen molar-refractivity contribution < 1.29 is 37.4 Å². The standard InChI is InChI=1S/C30H33F3N2O5/c1-2-3-14-25-34-29(22-12-8-5-9-13-22,19-40-28(39)30(31,32)33)27(38)35(25)18-20-15-16-23(24(17-20)26(36)37)21-10-6-4-7-11-21/h4,6-7,10-11,15-17,22H,2-3,5,8-9,12-14,18-19H2,1H3,(H,36,37). The maximum Gasteiger partial charge on any atom is 0.490 e. The number of aliphatic imine (C=N–C) groups is 1. The minimum Gasteiger partial charge on any atom is -0.478 e. The minimum absolute atomic E-state index is 0.00157. The third-order valence-corrected chi connectivity index (χ3v) is 7.68. The Bertz CT molecular complexity index is 1270. The van der Waals surface area contributed by atoms with Crippen LogP contribution < -0.4 is 0 Å². The molecule has 4 rings (SSSR count). The van der Waals surface area contributed by atoms with Gasteiger partial charge in [-0.05, 0) is 47.9 Å². The zero-order chi connectivity index (χ0) is 28.9. The molecule has 0 aromatic heterocycles. The number of rotatable bonds is 10. The van der Waals surface area contributed by atoms with Gasteiger partial charge < -0.3 is 9.84 Å². The molecule has 0 bridgehead atoms. The van der Waals surface area contributed by atoms with E-state index in [1.54, 1.807) is 12.1 Å². The van der Waals surface area contributed by atoms with E-state index >= 15 is 0 Å². The summed E-state index contributed by atoms with van der Waals surface area (Å²) in [6.45, 7) is 1.19. The lowest BCUT2D eigenvalue weighted by Crippen LogP contribution is -2.52. The molecule has 1 fully saturated rings. The number of ether oxygens (including phenoxy) is 1. The zero-order valence-corrected chi connectivity index (χ0v) is 22.4. The van der Waals surface area contributed by atoms with Crippen LogP contribution in [0.25, 0.3) is 11.1 Å². The van der Waals surface area contributed by atoms with E-state index in [2.05, 4.69) is 4.74 Å². The molecule has 0 radical (unpaired) electrons. The molecule has 1 aliphatic heterocycles. The number of hydrogen-bond acceptors (Lipinski definition) is 5. The Morgan fingerprint density at radius 1 is 1.10 bits per heavy atom. The monoisotopic (exact) mass is 558 g/mol. The van der Waals surface area contributed by atoms with Crippen molar-refractivity contribution in [3.8, 4) is 11.1 Å². The normalized spacial score (nSPS) is 19.9. The molecule has 214 valence electrons. The number of carbonyl (C=O) groups excluding carboxylic acids is 2. The quantitative estimate of drug-likeness (QED) is 0.340. The van der Waals surface area contributed by atoms with Crippen molar-refractivity contribution in [2.45, 2.75) is 76.6 Å². The molecule has 10 heteroatoms. The first-order valence-corrected chi connectivity index (χ1v) is 13.6. The molecule has 1 aliphatic carbocycles. The molecule has 7 nitrogen and oxygen atoms in total. The highest BCUT2D eigenvalue weighted by Gasteiger charge is 2.55. The van der Waals surface area contributed by atoms with Gasteiger partial charge in [0.15, 0.2) is 5.54 Å². The summed E-state index contributed by atoms with van der Waals surface area (Å²) in [6.07, 6.45) is 0.450. The Labute approximate surface area is 231 Å². The Balaban J connectivity index is 1.69. The summed E-state index contributed by atoms with van der Waals surface area (Å²) in [4.78, 5) is 44.1. The van der Waals surface area contributed by atoms with Crippen molar-refractivity contribution in [1.29, 1.82) is 0 Å². The summed E-state index contributed by atoms with van der Waals surface area (Å²) in [5, 5.41) is 9.93. The van der Waals surface area contributed by atoms with E-state index in [-0.39, 0.29) is 18.0 Å². The Morgan fingerprint density at radius 2 is 1.80 bits per heavy atom. The third kappa shape index (κ3) is 6.21. The summed E-state index contributed by atoms with van der Waals surface area (Å²) in [7, 11) is 0. The molecule has 2 aromatic carbocycles. The minimum atomic E-state index is -5.18. The number of carbonyl (C=O) groups is 3. The number of halogens is 3. The number of nitrogens with zero attached hydrogens (tertiary/aromatic N) is 2. The van der Waals surface area contributed by atoms with E-state index in [1.165, 1.54) is 11.0 Å². The van der Waals surface area contributed by atoms with Crippen LogP contribution >= 0.6 is 0 Å². The van der Waals surface area contributed by atoms with Crippen LogP contribution in [0.2, 0.25) is 0 Å². The van der Waals surface area contributed by atoms with Gasteiger partial charge in [0, 0.05) is 6.42 Å². The second kappa shape index (κ2) is 12.2. The lowest BCUT2D eigenvalue weighted by Gasteiger charge is -2.36. The number of carboxylic acids is 1. The Kier molecular flexibility index (Phi) is 8.95. The summed E-state index contributed by atoms with van der Waals surface area (Å²) in [6, 6.07) is 14.0. The van der Waals surface area contributed by atoms with Gasteiger partial charge in [-0.1, -0.05) is 75.1 Å². The van der Waals surface area contributed by atoms with Crippen LogP contribution in [0.4, 0.5) is 13.2 Å². The SMILES string of the molecule is CCCCC1=NC(COC(=O)C(F)(F)F)(C2CCCCC2)C(=O)N1Cc1ccc(-c2ccccc2)c(C(=O)O)c1. The van der Waals surface area contributed by atoms with E-state index in [4.69, 9.17) is 4.99 Å². The first kappa shape index (κ1) is 29.3. The predicted molar refractivity (Wildman–Crippen MR) is 143 cm³/mol. The number of alkyl halides is 3. The van der Waals surface area contributed by atoms with E-state index in [1.807, 2.05) is 37.3 Å². The van der Waals surface area contributed by atoms with Crippen LogP contribution in [0.1, 0.15) is 74.2 Å². The number of esters is 1.